The molecule has 0 saturated heterocycles. The molecule has 258 valence electrons. The number of aryl methyl sites for hydroxylation is 2. The first-order chi connectivity index (χ1) is 21.7. The Kier molecular flexibility index (Phi) is 14.0. The number of carbonyl (C=O) groups excluding carboxylic acids is 4. The molecular weight excluding hydrogens is 645 g/mol. The normalized spacial score (nSPS) is 14.1. The first-order valence-electron chi connectivity index (χ1n) is 15.0. The number of hydrogen-bond donors (Lipinski definition) is 8. The zero-order valence-corrected chi connectivity index (χ0v) is 29.5. The molecule has 4 amide bonds. The summed E-state index contributed by atoms with van der Waals surface area (Å²) in [6, 6.07) is 6.84. The fourth-order valence-electron chi connectivity index (χ4n) is 4.74. The molecule has 4 atom stereocenters. The van der Waals surface area contributed by atoms with Gasteiger partial charge in [0.25, 0.3) is 0 Å². The smallest absolute Gasteiger partial charge is 0.408 e. The molecule has 0 fully saturated rings. The molecule has 2 aromatic carbocycles. The summed E-state index contributed by atoms with van der Waals surface area (Å²) in [5.41, 5.74) is 1.92. The van der Waals surface area contributed by atoms with Gasteiger partial charge in [-0.2, -0.15) is 25.3 Å². The molecule has 2 rings (SSSR count). The van der Waals surface area contributed by atoms with Crippen molar-refractivity contribution in [2.24, 2.45) is 0 Å². The molecule has 0 aromatic heterocycles. The van der Waals surface area contributed by atoms with Gasteiger partial charge >= 0.3 is 12.1 Å². The van der Waals surface area contributed by atoms with E-state index in [2.05, 4.69) is 46.5 Å². The number of rotatable bonds is 14. The Morgan fingerprint density at radius 1 is 0.787 bits per heavy atom. The lowest BCUT2D eigenvalue weighted by atomic mass is 9.95. The Hall–Kier alpha value is -3.91. The van der Waals surface area contributed by atoms with Crippen molar-refractivity contribution in [3.05, 3.63) is 64.7 Å². The highest BCUT2D eigenvalue weighted by molar-refractivity contribution is 7.81. The largest absolute Gasteiger partial charge is 0.508 e. The van der Waals surface area contributed by atoms with Crippen LogP contribution in [0.25, 0.3) is 0 Å². The first-order valence-corrected chi connectivity index (χ1v) is 16.1. The SMILES string of the molecule is Cc1cc(O)cc(C)c1C[C@H](NC(=O)OC(C)(C)C)C(=O)N[C@H](CS)C(=O)N[C@@H](Cc1ccccc1)C(=O)N[C@@H](C(=O)O)C(C)(C)S. The van der Waals surface area contributed by atoms with Crippen LogP contribution in [-0.4, -0.2) is 80.3 Å². The van der Waals surface area contributed by atoms with Crippen LogP contribution in [0.5, 0.6) is 5.75 Å². The molecule has 0 spiro atoms. The predicted octanol–water partition coefficient (Wildman–Crippen LogP) is 2.86. The Bertz CT molecular complexity index is 1420. The number of alkyl carbamates (subject to hydrolysis) is 1. The number of aromatic hydroxyl groups is 1. The maximum absolute atomic E-state index is 13.7. The van der Waals surface area contributed by atoms with Gasteiger partial charge in [0.2, 0.25) is 17.7 Å². The van der Waals surface area contributed by atoms with Crippen LogP contribution in [0.1, 0.15) is 56.9 Å². The Morgan fingerprint density at radius 3 is 1.77 bits per heavy atom. The van der Waals surface area contributed by atoms with E-state index >= 15 is 0 Å². The number of hydrogen-bond acceptors (Lipinski definition) is 9. The van der Waals surface area contributed by atoms with Crippen LogP contribution in [0.4, 0.5) is 4.79 Å². The highest BCUT2D eigenvalue weighted by Gasteiger charge is 2.37. The lowest BCUT2D eigenvalue weighted by Crippen LogP contribution is -2.60. The van der Waals surface area contributed by atoms with Crippen molar-refractivity contribution in [3.8, 4) is 5.75 Å². The van der Waals surface area contributed by atoms with E-state index in [0.717, 1.165) is 0 Å². The first kappa shape index (κ1) is 39.3. The van der Waals surface area contributed by atoms with Gasteiger partial charge in [0.15, 0.2) is 0 Å². The van der Waals surface area contributed by atoms with Gasteiger partial charge in [-0.1, -0.05) is 30.3 Å². The summed E-state index contributed by atoms with van der Waals surface area (Å²) >= 11 is 8.57. The Balaban J connectivity index is 2.34. The number of thiol groups is 2. The van der Waals surface area contributed by atoms with Crippen LogP contribution in [0, 0.1) is 13.8 Å². The average molecular weight is 691 g/mol. The zero-order chi connectivity index (χ0) is 35.7. The molecule has 0 aliphatic carbocycles. The monoisotopic (exact) mass is 690 g/mol. The highest BCUT2D eigenvalue weighted by atomic mass is 32.1. The molecule has 2 aromatic rings. The van der Waals surface area contributed by atoms with E-state index in [0.29, 0.717) is 22.3 Å². The number of benzene rings is 2. The molecule has 0 bridgehead atoms. The number of aliphatic carboxylic acids is 1. The van der Waals surface area contributed by atoms with E-state index < -0.39 is 64.3 Å². The van der Waals surface area contributed by atoms with Crippen molar-refractivity contribution in [1.29, 1.82) is 0 Å². The number of carboxylic acid groups (broad SMARTS) is 1. The van der Waals surface area contributed by atoms with Crippen molar-refractivity contribution in [1.82, 2.24) is 21.3 Å². The Morgan fingerprint density at radius 2 is 1.28 bits per heavy atom. The highest BCUT2D eigenvalue weighted by Crippen LogP contribution is 2.23. The van der Waals surface area contributed by atoms with Crippen LogP contribution < -0.4 is 21.3 Å². The number of ether oxygens (including phenoxy) is 1. The summed E-state index contributed by atoms with van der Waals surface area (Å²) in [6.07, 6.45) is -0.815. The molecule has 0 heterocycles. The molecule has 0 aliphatic rings. The summed E-state index contributed by atoms with van der Waals surface area (Å²) in [6.45, 7) is 11.6. The van der Waals surface area contributed by atoms with E-state index in [-0.39, 0.29) is 24.3 Å². The lowest BCUT2D eigenvalue weighted by Gasteiger charge is -2.30. The van der Waals surface area contributed by atoms with Crippen LogP contribution in [0.3, 0.4) is 0 Å². The minimum absolute atomic E-state index is 0.0130. The second-order valence-corrected chi connectivity index (χ2v) is 14.4. The molecule has 47 heavy (non-hydrogen) atoms. The summed E-state index contributed by atoms with van der Waals surface area (Å²) in [5.74, 6) is -3.65. The van der Waals surface area contributed by atoms with Gasteiger partial charge in [-0.05, 0) is 82.9 Å². The number of phenols is 1. The minimum atomic E-state index is -1.37. The van der Waals surface area contributed by atoms with Crippen LogP contribution in [0.15, 0.2) is 42.5 Å². The van der Waals surface area contributed by atoms with Crippen molar-refractivity contribution in [2.45, 2.75) is 95.8 Å². The molecule has 14 heteroatoms. The summed E-state index contributed by atoms with van der Waals surface area (Å²) in [4.78, 5) is 65.2. The van der Waals surface area contributed by atoms with Gasteiger partial charge in [-0.25, -0.2) is 9.59 Å². The lowest BCUT2D eigenvalue weighted by molar-refractivity contribution is -0.143. The third kappa shape index (κ3) is 12.7. The van der Waals surface area contributed by atoms with Gasteiger partial charge in [0.1, 0.15) is 35.5 Å². The van der Waals surface area contributed by atoms with Gasteiger partial charge in [0, 0.05) is 23.3 Å². The van der Waals surface area contributed by atoms with Crippen LogP contribution in [-0.2, 0) is 36.8 Å². The number of phenolic OH excluding ortho intramolecular Hbond substituents is 1. The third-order valence-corrected chi connectivity index (χ3v) is 7.69. The fraction of sp³-hybridized carbons (Fsp3) is 0.485. The maximum atomic E-state index is 13.7. The van der Waals surface area contributed by atoms with Crippen molar-refractivity contribution < 1.29 is 38.9 Å². The second-order valence-electron chi connectivity index (χ2n) is 12.9. The molecule has 0 radical (unpaired) electrons. The van der Waals surface area contributed by atoms with E-state index in [4.69, 9.17) is 4.74 Å². The minimum Gasteiger partial charge on any atom is -0.508 e. The van der Waals surface area contributed by atoms with Crippen LogP contribution >= 0.6 is 25.3 Å². The standard InChI is InChI=1S/C33H46N4O8S2/c1-18-13-21(38)14-19(2)22(18)16-24(36-31(44)45-32(3,4)5)27(39)35-25(17-46)29(41)34-23(15-20-11-9-8-10-12-20)28(40)37-26(30(42)43)33(6,7)47/h8-14,23-26,38,46-47H,15-17H2,1-7H3,(H,34,41)(H,35,39)(H,36,44)(H,37,40)(H,42,43)/t23-,24-,25+,26-/m0/s1. The van der Waals surface area contributed by atoms with Crippen molar-refractivity contribution in [3.63, 3.8) is 0 Å². The molecular formula is C33H46N4O8S2. The van der Waals surface area contributed by atoms with E-state index in [1.807, 2.05) is 0 Å². The summed E-state index contributed by atoms with van der Waals surface area (Å²) in [5, 5.41) is 30.0. The fourth-order valence-corrected chi connectivity index (χ4v) is 5.17. The predicted molar refractivity (Wildman–Crippen MR) is 185 cm³/mol. The number of nitrogens with one attached hydrogen (secondary N) is 4. The van der Waals surface area contributed by atoms with E-state index in [1.54, 1.807) is 65.0 Å². The molecule has 0 saturated carbocycles. The van der Waals surface area contributed by atoms with Gasteiger partial charge in [-0.15, -0.1) is 0 Å². The molecule has 6 N–H and O–H groups in total. The molecule has 0 aliphatic heterocycles. The number of carboxylic acids is 1. The van der Waals surface area contributed by atoms with E-state index in [9.17, 15) is 34.2 Å². The third-order valence-electron chi connectivity index (χ3n) is 7.07. The van der Waals surface area contributed by atoms with Crippen LogP contribution in [0.2, 0.25) is 0 Å². The van der Waals surface area contributed by atoms with E-state index in [1.165, 1.54) is 26.0 Å². The topological polar surface area (TPSA) is 183 Å². The number of carbonyl (C=O) groups is 5. The van der Waals surface area contributed by atoms with Crippen molar-refractivity contribution in [2.75, 3.05) is 5.75 Å². The summed E-state index contributed by atoms with van der Waals surface area (Å²) in [7, 11) is 0. The summed E-state index contributed by atoms with van der Waals surface area (Å²) < 4.78 is 4.24. The van der Waals surface area contributed by atoms with Gasteiger partial charge in [-0.3, -0.25) is 14.4 Å². The number of amides is 4. The maximum Gasteiger partial charge on any atom is 0.408 e. The molecule has 0 unspecified atom stereocenters. The molecule has 12 nitrogen and oxygen atoms in total. The average Bonchev–Trinajstić information content (AvgIpc) is 2.93. The quantitative estimate of drug-likeness (QED) is 0.139. The van der Waals surface area contributed by atoms with Gasteiger partial charge in [0.05, 0.1) is 0 Å². The van der Waals surface area contributed by atoms with Gasteiger partial charge < -0.3 is 36.2 Å². The second kappa shape index (κ2) is 16.8. The zero-order valence-electron chi connectivity index (χ0n) is 27.7. The van der Waals surface area contributed by atoms with Crippen molar-refractivity contribution >= 4 is 55.0 Å². The Labute approximate surface area is 286 Å².